The van der Waals surface area contributed by atoms with Crippen molar-refractivity contribution in [2.45, 2.75) is 12.2 Å². The van der Waals surface area contributed by atoms with Crippen molar-refractivity contribution in [3.63, 3.8) is 0 Å². The number of rotatable bonds is 5. The maximum Gasteiger partial charge on any atom is 0.142 e. The van der Waals surface area contributed by atoms with Gasteiger partial charge >= 0.3 is 0 Å². The van der Waals surface area contributed by atoms with Crippen molar-refractivity contribution in [2.24, 2.45) is 9.98 Å². The average molecular weight is 762 g/mol. The number of para-hydroxylation sites is 3. The topological polar surface area (TPSA) is 64.0 Å². The highest BCUT2D eigenvalue weighted by Gasteiger charge is 2.29. The molecule has 274 valence electrons. The van der Waals surface area contributed by atoms with Crippen LogP contribution in [-0.2, 0) is 0 Å². The van der Waals surface area contributed by atoms with Gasteiger partial charge in [-0.05, 0) is 63.5 Å². The highest BCUT2D eigenvalue weighted by Crippen LogP contribution is 2.50. The van der Waals surface area contributed by atoms with Crippen molar-refractivity contribution in [2.75, 3.05) is 5.32 Å². The molecule has 2 aliphatic rings. The van der Waals surface area contributed by atoms with Crippen LogP contribution in [0.1, 0.15) is 40.0 Å². The van der Waals surface area contributed by atoms with E-state index in [4.69, 9.17) is 19.7 Å². The third kappa shape index (κ3) is 5.22. The summed E-state index contributed by atoms with van der Waals surface area (Å²) in [7, 11) is 0. The molecule has 0 amide bonds. The molecule has 2 aliphatic heterocycles. The standard InChI is InChI=1S/C52H33N4OS/c1-3-14-31(15-4-1)33-18-11-19-34(30-33)50-54-51(40-24-12-22-36-35-20-8-10-27-43(35)57-48(36)40)56-52(55-50)41-25-13-23-39-46-44(58-49(39)41)29-28-38-45(46)37-21-7-9-26-42(37)53-47(38)32-16-5-2-6-17-32/h1-30,47,50,53H/q-1. The Morgan fingerprint density at radius 3 is 2.16 bits per heavy atom. The Morgan fingerprint density at radius 2 is 1.26 bits per heavy atom. The van der Waals surface area contributed by atoms with Crippen molar-refractivity contribution < 1.29 is 4.42 Å². The Kier molecular flexibility index (Phi) is 7.46. The van der Waals surface area contributed by atoms with Crippen molar-refractivity contribution in [1.29, 1.82) is 0 Å². The van der Waals surface area contributed by atoms with E-state index in [0.29, 0.717) is 11.7 Å². The smallest absolute Gasteiger partial charge is 0.142 e. The first-order chi connectivity index (χ1) is 28.7. The lowest BCUT2D eigenvalue weighted by atomic mass is 9.84. The predicted octanol–water partition coefficient (Wildman–Crippen LogP) is 14.1. The van der Waals surface area contributed by atoms with Gasteiger partial charge in [-0.25, -0.2) is 0 Å². The van der Waals surface area contributed by atoms with E-state index in [2.05, 4.69) is 163 Å². The Bertz CT molecular complexity index is 3310. The zero-order valence-electron chi connectivity index (χ0n) is 31.1. The Morgan fingerprint density at radius 1 is 0.569 bits per heavy atom. The number of benzene rings is 8. The van der Waals surface area contributed by atoms with E-state index in [-0.39, 0.29) is 6.04 Å². The van der Waals surface area contributed by atoms with Crippen LogP contribution in [0, 0.1) is 0 Å². The quantitative estimate of drug-likeness (QED) is 0.190. The molecule has 0 spiro atoms. The summed E-state index contributed by atoms with van der Waals surface area (Å²) in [6, 6.07) is 64.1. The van der Waals surface area contributed by atoms with Crippen LogP contribution in [0.2, 0.25) is 0 Å². The number of hydrogen-bond acceptors (Lipinski definition) is 5. The number of hydrogen-bond donors (Lipinski definition) is 1. The van der Waals surface area contributed by atoms with Gasteiger partial charge in [0.1, 0.15) is 11.2 Å². The molecule has 12 rings (SSSR count). The van der Waals surface area contributed by atoms with Gasteiger partial charge in [0.25, 0.3) is 0 Å². The summed E-state index contributed by atoms with van der Waals surface area (Å²) in [4.78, 5) is 10.7. The van der Waals surface area contributed by atoms with Crippen LogP contribution >= 0.6 is 11.3 Å². The SMILES string of the molecule is c1ccc(-c2cccc(C3N=C(c4cccc5c4sc4ccc6c(c45)-c4ccccc4NC6c4ccccc4)N=C(c4cccc5c4oc4ccccc45)[N-]3)c2)cc1. The van der Waals surface area contributed by atoms with Gasteiger partial charge in [0, 0.05) is 53.3 Å². The van der Waals surface area contributed by atoms with Crippen molar-refractivity contribution in [3.8, 4) is 22.3 Å². The first-order valence-electron chi connectivity index (χ1n) is 19.6. The largest absolute Gasteiger partial charge is 0.455 e. The van der Waals surface area contributed by atoms with E-state index in [1.54, 1.807) is 11.3 Å². The first-order valence-corrected chi connectivity index (χ1v) is 20.4. The minimum atomic E-state index is -0.521. The van der Waals surface area contributed by atoms with Crippen LogP contribution in [0.25, 0.3) is 69.7 Å². The molecule has 0 bridgehead atoms. The lowest BCUT2D eigenvalue weighted by Crippen LogP contribution is -2.18. The minimum absolute atomic E-state index is 0.0264. The van der Waals surface area contributed by atoms with E-state index < -0.39 is 6.17 Å². The summed E-state index contributed by atoms with van der Waals surface area (Å²) in [5.41, 5.74) is 12.9. The molecule has 5 nitrogen and oxygen atoms in total. The van der Waals surface area contributed by atoms with Crippen LogP contribution in [0.15, 0.2) is 196 Å². The first kappa shape index (κ1) is 32.9. The van der Waals surface area contributed by atoms with Gasteiger partial charge in [-0.2, -0.15) is 0 Å². The third-order valence-corrected chi connectivity index (χ3v) is 12.7. The summed E-state index contributed by atoms with van der Waals surface area (Å²) in [5.74, 6) is 1.26. The molecule has 6 heteroatoms. The van der Waals surface area contributed by atoms with Crippen LogP contribution < -0.4 is 5.32 Å². The van der Waals surface area contributed by atoms with Crippen molar-refractivity contribution in [1.82, 2.24) is 0 Å². The number of fused-ring (bicyclic) bond motifs is 10. The molecule has 8 aromatic carbocycles. The normalized spacial score (nSPS) is 16.1. The lowest BCUT2D eigenvalue weighted by molar-refractivity contribution is 0.668. The fraction of sp³-hybridized carbons (Fsp3) is 0.0385. The molecule has 10 aromatic rings. The Balaban J connectivity index is 1.07. The van der Waals surface area contributed by atoms with Crippen molar-refractivity contribution in [3.05, 3.63) is 215 Å². The fourth-order valence-corrected chi connectivity index (χ4v) is 10.1. The van der Waals surface area contributed by atoms with Gasteiger partial charge in [0.05, 0.1) is 18.0 Å². The van der Waals surface area contributed by atoms with E-state index in [1.807, 2.05) is 24.3 Å². The van der Waals surface area contributed by atoms with Crippen LogP contribution in [0.4, 0.5) is 5.69 Å². The lowest BCUT2D eigenvalue weighted by Gasteiger charge is -2.32. The second-order valence-electron chi connectivity index (χ2n) is 14.9. The van der Waals surface area contributed by atoms with Gasteiger partial charge in [-0.15, -0.1) is 11.3 Å². The van der Waals surface area contributed by atoms with Gasteiger partial charge in [0.2, 0.25) is 0 Å². The van der Waals surface area contributed by atoms with Crippen molar-refractivity contribution >= 4 is 70.8 Å². The second kappa shape index (κ2) is 13.2. The maximum atomic E-state index is 6.54. The molecule has 0 aliphatic carbocycles. The highest BCUT2D eigenvalue weighted by molar-refractivity contribution is 7.26. The van der Waals surface area contributed by atoms with Gasteiger partial charge in [-0.1, -0.05) is 158 Å². The number of nitrogens with one attached hydrogen (secondary N) is 1. The summed E-state index contributed by atoms with van der Waals surface area (Å²) in [6.45, 7) is 0. The average Bonchev–Trinajstić information content (AvgIpc) is 3.88. The van der Waals surface area contributed by atoms with Gasteiger partial charge in [0.15, 0.2) is 0 Å². The molecule has 4 heterocycles. The zero-order chi connectivity index (χ0) is 38.2. The number of anilines is 1. The molecule has 2 aromatic heterocycles. The van der Waals surface area contributed by atoms with E-state index in [0.717, 1.165) is 60.1 Å². The van der Waals surface area contributed by atoms with Gasteiger partial charge in [-0.3, -0.25) is 4.99 Å². The molecule has 1 N–H and O–H groups in total. The number of amidine groups is 2. The molecule has 0 saturated heterocycles. The number of aliphatic imine (C=N–C) groups is 2. The highest BCUT2D eigenvalue weighted by atomic mass is 32.1. The third-order valence-electron chi connectivity index (χ3n) is 11.5. The summed E-state index contributed by atoms with van der Waals surface area (Å²) in [6.07, 6.45) is -0.521. The van der Waals surface area contributed by atoms with E-state index in [9.17, 15) is 0 Å². The summed E-state index contributed by atoms with van der Waals surface area (Å²) < 4.78 is 8.93. The van der Waals surface area contributed by atoms with Crippen LogP contribution in [0.5, 0.6) is 0 Å². The fourth-order valence-electron chi connectivity index (χ4n) is 8.84. The zero-order valence-corrected chi connectivity index (χ0v) is 31.9. The Labute approximate surface area is 338 Å². The monoisotopic (exact) mass is 761 g/mol. The molecule has 0 fully saturated rings. The predicted molar refractivity (Wildman–Crippen MR) is 241 cm³/mol. The number of thiophene rings is 1. The summed E-state index contributed by atoms with van der Waals surface area (Å²) in [5, 5.41) is 13.7. The molecule has 2 atom stereocenters. The minimum Gasteiger partial charge on any atom is -0.455 e. The van der Waals surface area contributed by atoms with Crippen LogP contribution in [-0.4, -0.2) is 11.7 Å². The molecule has 58 heavy (non-hydrogen) atoms. The van der Waals surface area contributed by atoms with Crippen LogP contribution in [0.3, 0.4) is 0 Å². The number of nitrogens with zero attached hydrogens (tertiary/aromatic N) is 3. The van der Waals surface area contributed by atoms with E-state index in [1.165, 1.54) is 37.7 Å². The molecule has 0 saturated carbocycles. The molecule has 0 radical (unpaired) electrons. The molecular weight excluding hydrogens is 729 g/mol. The van der Waals surface area contributed by atoms with E-state index >= 15 is 0 Å². The molecular formula is C52H33N4OS-. The summed E-state index contributed by atoms with van der Waals surface area (Å²) >= 11 is 1.81. The number of furan rings is 1. The second-order valence-corrected chi connectivity index (χ2v) is 15.9. The maximum absolute atomic E-state index is 6.54. The van der Waals surface area contributed by atoms with Gasteiger partial charge < -0.3 is 20.0 Å². The Hall–Kier alpha value is -7.28. The molecule has 2 unspecified atom stereocenters.